The molecule has 12 fully saturated rings. The summed E-state index contributed by atoms with van der Waals surface area (Å²) in [6.07, 6.45) is 1.51. The predicted molar refractivity (Wildman–Crippen MR) is 291 cm³/mol. The van der Waals surface area contributed by atoms with Gasteiger partial charge in [-0.25, -0.2) is 0 Å². The number of amides is 2. The fourth-order valence-corrected chi connectivity index (χ4v) is 25.6. The van der Waals surface area contributed by atoms with Crippen LogP contribution in [0.1, 0.15) is 62.0 Å². The Morgan fingerprint density at radius 1 is 0.625 bits per heavy atom. The normalized spacial score (nSPS) is 46.4. The van der Waals surface area contributed by atoms with Gasteiger partial charge in [-0.2, -0.15) is 10.5 Å². The Morgan fingerprint density at radius 3 is 1.65 bits per heavy atom. The van der Waals surface area contributed by atoms with Gasteiger partial charge in [-0.15, -0.1) is 0 Å². The van der Waals surface area contributed by atoms with Gasteiger partial charge in [-0.3, -0.25) is 14.5 Å². The Bertz CT molecular complexity index is 3540. The molecule has 80 heavy (non-hydrogen) atoms. The minimum absolute atomic E-state index is 0.0210. The number of nitrogens with zero attached hydrogens (tertiary/aromatic N) is 3. The fourth-order valence-electron chi connectivity index (χ4n) is 25.6. The number of rotatable bonds is 14. The van der Waals surface area contributed by atoms with Crippen molar-refractivity contribution in [3.05, 3.63) is 101 Å². The van der Waals surface area contributed by atoms with Gasteiger partial charge in [0.05, 0.1) is 63.6 Å². The molecule has 0 N–H and O–H groups in total. The van der Waals surface area contributed by atoms with Crippen LogP contribution in [-0.2, 0) is 42.7 Å². The van der Waals surface area contributed by atoms with Crippen LogP contribution in [0.25, 0.3) is 33.0 Å². The summed E-state index contributed by atoms with van der Waals surface area (Å²) in [6.45, 7) is 4.13. The topological polar surface area (TPSA) is 159 Å². The van der Waals surface area contributed by atoms with Crippen LogP contribution in [0.2, 0.25) is 0 Å². The molecule has 5 heterocycles. The van der Waals surface area contributed by atoms with Crippen LogP contribution in [0.15, 0.2) is 90.0 Å². The molecule has 0 aromatic heterocycles. The van der Waals surface area contributed by atoms with Gasteiger partial charge in [-0.05, 0) is 124 Å². The molecule has 13 heteroatoms. The van der Waals surface area contributed by atoms with Crippen LogP contribution in [0.5, 0.6) is 5.75 Å². The number of carbonyl (C=O) groups excluding carboxylic acids is 2. The number of benzene rings is 4. The van der Waals surface area contributed by atoms with Crippen molar-refractivity contribution in [2.24, 2.45) is 85.8 Å². The van der Waals surface area contributed by atoms with Crippen LogP contribution >= 0.6 is 0 Å². The zero-order valence-electron chi connectivity index (χ0n) is 46.7. The standard InChI is InChI=1S/C67H69N3O10/c1-8-24-70-59(71)66-55-51-52(63(31-75-4)40-25-39(62(51,63)30-74-3)47-43(33-16-11-9-12-17-33)36-20-15-21-42(77-6)46(36)44(48(40)47)34-18-13-10-14-19-34)56(79-55)67(66,60(70)72)58-54-53(57(66)80-58)61(29-73-2)38-26-41(64(54,61)32-76-5)50-45(38)37-22-23-65(50,78-7)49(37)35(27-68)28-69/h9-21,37-41,45,50-58H,8,22-26,29-32H2,1-7H3/t37-,38+,39-,40+,41-,45?,50?,51?,52?,53?,54?,55-,56+,57+,58-,61+,62-,63+,64-,65+,66+,67-/m1/s1. The first-order valence-electron chi connectivity index (χ1n) is 29.6. The van der Waals surface area contributed by atoms with E-state index < -0.39 is 62.5 Å². The van der Waals surface area contributed by atoms with Gasteiger partial charge in [-0.1, -0.05) is 79.7 Å². The van der Waals surface area contributed by atoms with E-state index in [1.54, 1.807) is 26.2 Å². The molecule has 17 rings (SSSR count). The Hall–Kier alpha value is -5.48. The zero-order valence-corrected chi connectivity index (χ0v) is 46.7. The van der Waals surface area contributed by atoms with Crippen molar-refractivity contribution in [2.45, 2.75) is 80.9 Å². The second-order valence-corrected chi connectivity index (χ2v) is 26.8. The van der Waals surface area contributed by atoms with Crippen LogP contribution in [0.4, 0.5) is 0 Å². The summed E-state index contributed by atoms with van der Waals surface area (Å²) in [6, 6.07) is 32.7. The van der Waals surface area contributed by atoms with E-state index in [4.69, 9.17) is 37.9 Å². The molecule has 13 aliphatic rings. The van der Waals surface area contributed by atoms with E-state index in [1.165, 1.54) is 22.3 Å². The third-order valence-corrected chi connectivity index (χ3v) is 26.2. The van der Waals surface area contributed by atoms with Crippen molar-refractivity contribution in [3.8, 4) is 40.1 Å². The number of nitriles is 2. The number of hydrogen-bond acceptors (Lipinski definition) is 12. The SMILES string of the molecule is CCCN1C(=O)[C@@]23[C@@H]4O[C@@H](C5C4[C@@]4(COC)[C@@H]6C[C@@H](C7C6[C@]6(OC)CC[C@H]7C6=C(C#N)C#N)[C@@]54COC)[C@]2(C1=O)[C@@H]1O[C@H]3C2C1[C@@]1(COC)[C@@H]3C[C@@H](c4c3c(-c3ccccc3)c3cccc(OC)c3c4-c3ccccc3)[C@@]21COC. The van der Waals surface area contributed by atoms with E-state index in [0.29, 0.717) is 39.4 Å². The monoisotopic (exact) mass is 1080 g/mol. The summed E-state index contributed by atoms with van der Waals surface area (Å²) in [4.78, 5) is 35.1. The van der Waals surface area contributed by atoms with E-state index in [9.17, 15) is 10.5 Å². The first-order valence-corrected chi connectivity index (χ1v) is 29.6. The number of allylic oxidation sites excluding steroid dienone is 1. The van der Waals surface area contributed by atoms with Gasteiger partial charge in [0.15, 0.2) is 0 Å². The fraction of sp³-hybridized carbons (Fsp3) is 0.582. The minimum Gasteiger partial charge on any atom is -0.496 e. The number of imide groups is 1. The lowest BCUT2D eigenvalue weighted by Crippen LogP contribution is -2.85. The summed E-state index contributed by atoms with van der Waals surface area (Å²) >= 11 is 0. The van der Waals surface area contributed by atoms with Crippen molar-refractivity contribution >= 4 is 22.6 Å². The van der Waals surface area contributed by atoms with Gasteiger partial charge in [0.1, 0.15) is 34.3 Å². The molecule has 10 bridgehead atoms. The highest BCUT2D eigenvalue weighted by atomic mass is 16.6. The van der Waals surface area contributed by atoms with E-state index in [0.717, 1.165) is 58.9 Å². The number of methoxy groups -OCH3 is 6. The molecule has 4 aromatic carbocycles. The molecule has 0 radical (unpaired) electrons. The van der Waals surface area contributed by atoms with Crippen molar-refractivity contribution in [1.82, 2.24) is 4.90 Å². The van der Waals surface area contributed by atoms with Gasteiger partial charge < -0.3 is 37.9 Å². The van der Waals surface area contributed by atoms with Crippen LogP contribution in [0, 0.1) is 108 Å². The Balaban J connectivity index is 0.909. The van der Waals surface area contributed by atoms with Crippen molar-refractivity contribution < 1.29 is 47.5 Å². The lowest BCUT2D eigenvalue weighted by Gasteiger charge is -2.78. The van der Waals surface area contributed by atoms with E-state index in [1.807, 2.05) is 21.3 Å². The highest BCUT2D eigenvalue weighted by molar-refractivity contribution is 6.14. The Labute approximate surface area is 467 Å². The summed E-state index contributed by atoms with van der Waals surface area (Å²) in [7, 11) is 10.8. The van der Waals surface area contributed by atoms with Crippen molar-refractivity contribution in [2.75, 3.05) is 75.6 Å². The van der Waals surface area contributed by atoms with Crippen LogP contribution < -0.4 is 4.74 Å². The predicted octanol–water partition coefficient (Wildman–Crippen LogP) is 9.14. The molecule has 8 aliphatic carbocycles. The Morgan fingerprint density at radius 2 is 1.14 bits per heavy atom. The molecule has 13 nitrogen and oxygen atoms in total. The third kappa shape index (κ3) is 4.43. The first-order chi connectivity index (χ1) is 39.1. The maximum absolute atomic E-state index is 16.7. The summed E-state index contributed by atoms with van der Waals surface area (Å²) < 4.78 is 55.6. The molecule has 412 valence electrons. The summed E-state index contributed by atoms with van der Waals surface area (Å²) in [5.74, 6) is 0.284. The number of carbonyl (C=O) groups is 2. The Kier molecular flexibility index (Phi) is 9.70. The molecule has 6 unspecified atom stereocenters. The van der Waals surface area contributed by atoms with E-state index in [2.05, 4.69) is 97.9 Å². The second-order valence-electron chi connectivity index (χ2n) is 26.8. The quantitative estimate of drug-likeness (QED) is 0.0511. The second kappa shape index (κ2) is 15.8. The van der Waals surface area contributed by atoms with Gasteiger partial charge in [0, 0.05) is 92.8 Å². The molecule has 0 spiro atoms. The average Bonchev–Trinajstić information content (AvgIpc) is 1.58. The average molecular weight is 1080 g/mol. The number of ether oxygens (including phenoxy) is 8. The smallest absolute Gasteiger partial charge is 0.242 e. The minimum atomic E-state index is -1.31. The number of likely N-dealkylation sites (tertiary alicyclic amines) is 1. The van der Waals surface area contributed by atoms with E-state index in [-0.39, 0.29) is 82.5 Å². The molecule has 22 atom stereocenters. The van der Waals surface area contributed by atoms with Gasteiger partial charge in [0.25, 0.3) is 0 Å². The van der Waals surface area contributed by atoms with E-state index >= 15 is 9.59 Å². The van der Waals surface area contributed by atoms with Gasteiger partial charge >= 0.3 is 0 Å². The molecule has 5 saturated heterocycles. The first kappa shape index (κ1) is 49.2. The largest absolute Gasteiger partial charge is 0.496 e. The molecule has 7 saturated carbocycles. The number of hydrogen-bond donors (Lipinski definition) is 0. The number of fused-ring (bicyclic) bond motifs is 35. The lowest BCUT2D eigenvalue weighted by molar-refractivity contribution is -0.334. The molecule has 4 aromatic rings. The third-order valence-electron chi connectivity index (χ3n) is 26.2. The van der Waals surface area contributed by atoms with Crippen molar-refractivity contribution in [1.29, 1.82) is 10.5 Å². The van der Waals surface area contributed by atoms with Crippen LogP contribution in [0.3, 0.4) is 0 Å². The maximum Gasteiger partial charge on any atom is 0.242 e. The highest BCUT2D eigenvalue weighted by Crippen LogP contribution is 2.98. The van der Waals surface area contributed by atoms with Gasteiger partial charge in [0.2, 0.25) is 11.8 Å². The maximum atomic E-state index is 16.7. The lowest BCUT2D eigenvalue weighted by atomic mass is 9.22. The molecule has 2 amide bonds. The summed E-state index contributed by atoms with van der Waals surface area (Å²) in [5.41, 5.74) is 2.89. The zero-order chi connectivity index (χ0) is 54.6. The molecular weight excluding hydrogens is 1010 g/mol. The van der Waals surface area contributed by atoms with Crippen molar-refractivity contribution in [3.63, 3.8) is 0 Å². The highest BCUT2D eigenvalue weighted by Gasteiger charge is 3.06. The molecular formula is C67H69N3O10. The summed E-state index contributed by atoms with van der Waals surface area (Å²) in [5, 5.41) is 23.3. The van der Waals surface area contributed by atoms with Crippen LogP contribution in [-0.4, -0.2) is 122 Å². The molecule has 5 aliphatic heterocycles.